The summed E-state index contributed by atoms with van der Waals surface area (Å²) in [6.07, 6.45) is 1.56. The Morgan fingerprint density at radius 3 is 2.79 bits per heavy atom. The molecule has 0 aliphatic rings. The van der Waals surface area contributed by atoms with Crippen LogP contribution < -0.4 is 5.73 Å². The zero-order chi connectivity index (χ0) is 10.7. The van der Waals surface area contributed by atoms with Crippen molar-refractivity contribution in [1.29, 1.82) is 0 Å². The third-order valence-corrected chi connectivity index (χ3v) is 2.55. The second kappa shape index (κ2) is 4.39. The van der Waals surface area contributed by atoms with Crippen LogP contribution in [-0.4, -0.2) is 11.1 Å². The Balaban J connectivity index is 3.19. The highest BCUT2D eigenvalue weighted by Crippen LogP contribution is 2.21. The van der Waals surface area contributed by atoms with Gasteiger partial charge in [-0.15, -0.1) is 6.58 Å². The molecule has 14 heavy (non-hydrogen) atoms. The molecule has 74 valence electrons. The lowest BCUT2D eigenvalue weighted by Gasteiger charge is -2.08. The van der Waals surface area contributed by atoms with Gasteiger partial charge in [0, 0.05) is 10.5 Å². The van der Waals surface area contributed by atoms with Crippen molar-refractivity contribution in [3.8, 4) is 0 Å². The predicted molar refractivity (Wildman–Crippen MR) is 58.2 cm³/mol. The van der Waals surface area contributed by atoms with Gasteiger partial charge in [0.2, 0.25) is 0 Å². The molecule has 0 unspecified atom stereocenters. The number of hydrogen-bond acceptors (Lipinski definition) is 2. The Kier molecular flexibility index (Phi) is 3.43. The molecule has 0 aromatic heterocycles. The highest BCUT2D eigenvalue weighted by atomic mass is 79.9. The molecule has 0 aliphatic heterocycles. The van der Waals surface area contributed by atoms with Crippen LogP contribution in [0.1, 0.15) is 22.0 Å². The Morgan fingerprint density at radius 2 is 2.29 bits per heavy atom. The van der Waals surface area contributed by atoms with Crippen LogP contribution in [0.4, 0.5) is 0 Å². The monoisotopic (exact) mass is 255 g/mol. The van der Waals surface area contributed by atoms with Crippen molar-refractivity contribution < 1.29 is 9.90 Å². The fraction of sp³-hybridized carbons (Fsp3) is 0.100. The molecule has 0 heterocycles. The lowest BCUT2D eigenvalue weighted by Crippen LogP contribution is -2.08. The summed E-state index contributed by atoms with van der Waals surface area (Å²) in [6, 6.07) is 4.64. The summed E-state index contributed by atoms with van der Waals surface area (Å²) in [5.74, 6) is -0.977. The molecule has 1 aromatic carbocycles. The Hall–Kier alpha value is -1.13. The SMILES string of the molecule is C=C[C@@H](N)c1ccc(Br)c(C(=O)O)c1. The Morgan fingerprint density at radius 1 is 1.64 bits per heavy atom. The third kappa shape index (κ3) is 2.21. The van der Waals surface area contributed by atoms with Crippen LogP contribution in [0.2, 0.25) is 0 Å². The second-order valence-corrected chi connectivity index (χ2v) is 3.66. The quantitative estimate of drug-likeness (QED) is 0.816. The normalized spacial score (nSPS) is 12.1. The van der Waals surface area contributed by atoms with Gasteiger partial charge in [0.05, 0.1) is 5.56 Å². The minimum Gasteiger partial charge on any atom is -0.478 e. The molecule has 0 saturated carbocycles. The molecule has 1 rings (SSSR count). The summed E-state index contributed by atoms with van der Waals surface area (Å²) in [4.78, 5) is 10.8. The molecular formula is C10H10BrNO2. The van der Waals surface area contributed by atoms with E-state index in [-0.39, 0.29) is 11.6 Å². The first kappa shape index (κ1) is 10.9. The molecule has 0 radical (unpaired) electrons. The molecule has 0 bridgehead atoms. The van der Waals surface area contributed by atoms with Gasteiger partial charge in [0.15, 0.2) is 0 Å². The van der Waals surface area contributed by atoms with E-state index in [0.29, 0.717) is 4.47 Å². The van der Waals surface area contributed by atoms with Crippen molar-refractivity contribution in [1.82, 2.24) is 0 Å². The molecular weight excluding hydrogens is 246 g/mol. The molecule has 0 spiro atoms. The van der Waals surface area contributed by atoms with E-state index < -0.39 is 5.97 Å². The summed E-state index contributed by atoms with van der Waals surface area (Å²) in [5, 5.41) is 8.85. The van der Waals surface area contributed by atoms with E-state index in [9.17, 15) is 4.79 Å². The van der Waals surface area contributed by atoms with Crippen LogP contribution >= 0.6 is 15.9 Å². The molecule has 0 saturated heterocycles. The number of carbonyl (C=O) groups is 1. The first-order chi connectivity index (χ1) is 6.56. The number of aromatic carboxylic acids is 1. The van der Waals surface area contributed by atoms with Gasteiger partial charge >= 0.3 is 5.97 Å². The molecule has 1 atom stereocenters. The van der Waals surface area contributed by atoms with E-state index in [4.69, 9.17) is 10.8 Å². The summed E-state index contributed by atoms with van der Waals surface area (Å²) in [6.45, 7) is 3.55. The van der Waals surface area contributed by atoms with Gasteiger partial charge < -0.3 is 10.8 Å². The van der Waals surface area contributed by atoms with Gasteiger partial charge in [0.25, 0.3) is 0 Å². The highest BCUT2D eigenvalue weighted by Gasteiger charge is 2.10. The van der Waals surface area contributed by atoms with Crippen molar-refractivity contribution in [3.63, 3.8) is 0 Å². The lowest BCUT2D eigenvalue weighted by molar-refractivity contribution is 0.0696. The van der Waals surface area contributed by atoms with E-state index in [1.807, 2.05) is 0 Å². The minimum absolute atomic E-state index is 0.208. The second-order valence-electron chi connectivity index (χ2n) is 2.81. The summed E-state index contributed by atoms with van der Waals surface area (Å²) in [7, 11) is 0. The van der Waals surface area contributed by atoms with Crippen molar-refractivity contribution in [3.05, 3.63) is 46.5 Å². The first-order valence-corrected chi connectivity index (χ1v) is 4.76. The van der Waals surface area contributed by atoms with Crippen molar-refractivity contribution in [2.45, 2.75) is 6.04 Å². The lowest BCUT2D eigenvalue weighted by atomic mass is 10.0. The van der Waals surface area contributed by atoms with E-state index in [1.54, 1.807) is 24.3 Å². The Labute approximate surface area is 90.4 Å². The molecule has 3 N–H and O–H groups in total. The molecule has 0 amide bonds. The minimum atomic E-state index is -0.977. The maximum Gasteiger partial charge on any atom is 0.336 e. The maximum atomic E-state index is 10.8. The van der Waals surface area contributed by atoms with Crippen LogP contribution in [0.3, 0.4) is 0 Å². The largest absolute Gasteiger partial charge is 0.478 e. The molecule has 0 fully saturated rings. The Bertz CT molecular complexity index is 376. The highest BCUT2D eigenvalue weighted by molar-refractivity contribution is 9.10. The van der Waals surface area contributed by atoms with Crippen molar-refractivity contribution >= 4 is 21.9 Å². The van der Waals surface area contributed by atoms with Gasteiger partial charge in [-0.3, -0.25) is 0 Å². The molecule has 3 nitrogen and oxygen atoms in total. The average molecular weight is 256 g/mol. The zero-order valence-electron chi connectivity index (χ0n) is 7.40. The first-order valence-electron chi connectivity index (χ1n) is 3.97. The van der Waals surface area contributed by atoms with Gasteiger partial charge in [0.1, 0.15) is 0 Å². The molecule has 4 heteroatoms. The van der Waals surface area contributed by atoms with E-state index >= 15 is 0 Å². The van der Waals surface area contributed by atoms with Crippen molar-refractivity contribution in [2.24, 2.45) is 5.73 Å². The number of carboxylic acid groups (broad SMARTS) is 1. The fourth-order valence-electron chi connectivity index (χ4n) is 1.05. The predicted octanol–water partition coefficient (Wildman–Crippen LogP) is 2.33. The van der Waals surface area contributed by atoms with E-state index in [2.05, 4.69) is 22.5 Å². The van der Waals surface area contributed by atoms with Crippen LogP contribution in [-0.2, 0) is 0 Å². The number of rotatable bonds is 3. The van der Waals surface area contributed by atoms with Crippen LogP contribution in [0.5, 0.6) is 0 Å². The van der Waals surface area contributed by atoms with Crippen LogP contribution in [0.25, 0.3) is 0 Å². The molecule has 1 aromatic rings. The smallest absolute Gasteiger partial charge is 0.336 e. The third-order valence-electron chi connectivity index (χ3n) is 1.86. The number of hydrogen-bond donors (Lipinski definition) is 2. The average Bonchev–Trinajstić information content (AvgIpc) is 2.17. The molecule has 0 aliphatic carbocycles. The maximum absolute atomic E-state index is 10.8. The number of halogens is 1. The summed E-state index contributed by atoms with van der Waals surface area (Å²) in [5.41, 5.74) is 6.63. The van der Waals surface area contributed by atoms with Gasteiger partial charge in [-0.2, -0.15) is 0 Å². The summed E-state index contributed by atoms with van der Waals surface area (Å²) >= 11 is 3.15. The van der Waals surface area contributed by atoms with Gasteiger partial charge in [-0.25, -0.2) is 4.79 Å². The topological polar surface area (TPSA) is 63.3 Å². The zero-order valence-corrected chi connectivity index (χ0v) is 8.99. The number of nitrogens with two attached hydrogens (primary N) is 1. The number of benzene rings is 1. The van der Waals surface area contributed by atoms with Crippen LogP contribution in [0, 0.1) is 0 Å². The summed E-state index contributed by atoms with van der Waals surface area (Å²) < 4.78 is 0.546. The van der Waals surface area contributed by atoms with E-state index in [0.717, 1.165) is 5.56 Å². The van der Waals surface area contributed by atoms with E-state index in [1.165, 1.54) is 0 Å². The standard InChI is InChI=1S/C10H10BrNO2/c1-2-9(12)6-3-4-8(11)7(5-6)10(13)14/h2-5,9H,1,12H2,(H,13,14)/t9-/m1/s1. The van der Waals surface area contributed by atoms with Gasteiger partial charge in [-0.05, 0) is 33.6 Å². The van der Waals surface area contributed by atoms with Crippen LogP contribution in [0.15, 0.2) is 35.3 Å². The van der Waals surface area contributed by atoms with Gasteiger partial charge in [-0.1, -0.05) is 12.1 Å². The van der Waals surface area contributed by atoms with Crippen molar-refractivity contribution in [2.75, 3.05) is 0 Å². The number of carboxylic acids is 1. The fourth-order valence-corrected chi connectivity index (χ4v) is 1.47.